The van der Waals surface area contributed by atoms with Crippen LogP contribution in [-0.2, 0) is 0 Å². The van der Waals surface area contributed by atoms with Crippen molar-refractivity contribution in [3.8, 4) is 11.8 Å². The van der Waals surface area contributed by atoms with Gasteiger partial charge in [0, 0.05) is 18.3 Å². The van der Waals surface area contributed by atoms with E-state index in [0.717, 1.165) is 41.9 Å². The molecular formula is C16H17N5O. The molecule has 1 fully saturated rings. The number of fused-ring (bicyclic) bond motifs is 1. The summed E-state index contributed by atoms with van der Waals surface area (Å²) < 4.78 is 7.84. The fourth-order valence-electron chi connectivity index (χ4n) is 2.72. The van der Waals surface area contributed by atoms with Crippen LogP contribution >= 0.6 is 0 Å². The molecule has 0 saturated carbocycles. The van der Waals surface area contributed by atoms with E-state index >= 15 is 0 Å². The van der Waals surface area contributed by atoms with Crippen molar-refractivity contribution < 1.29 is 4.74 Å². The summed E-state index contributed by atoms with van der Waals surface area (Å²) in [5, 5.41) is 3.27. The van der Waals surface area contributed by atoms with Crippen LogP contribution in [0.3, 0.4) is 0 Å². The second-order valence-electron chi connectivity index (χ2n) is 5.50. The van der Waals surface area contributed by atoms with Crippen molar-refractivity contribution in [2.75, 3.05) is 13.1 Å². The SMILES string of the molecule is Cc1cnc(OC2CCNC2)nc1-n1cnc2ccccc21. The van der Waals surface area contributed by atoms with E-state index in [0.29, 0.717) is 6.01 Å². The Hall–Kier alpha value is -2.47. The third kappa shape index (κ3) is 2.31. The normalized spacial score (nSPS) is 18.0. The largest absolute Gasteiger partial charge is 0.459 e. The van der Waals surface area contributed by atoms with Crippen LogP contribution in [0.5, 0.6) is 6.01 Å². The average Bonchev–Trinajstić information content (AvgIpc) is 3.19. The van der Waals surface area contributed by atoms with Crippen LogP contribution in [0, 0.1) is 6.92 Å². The van der Waals surface area contributed by atoms with Crippen molar-refractivity contribution in [2.45, 2.75) is 19.4 Å². The number of nitrogens with one attached hydrogen (secondary N) is 1. The summed E-state index contributed by atoms with van der Waals surface area (Å²) >= 11 is 0. The minimum atomic E-state index is 0.148. The molecule has 1 saturated heterocycles. The minimum Gasteiger partial charge on any atom is -0.459 e. The smallest absolute Gasteiger partial charge is 0.318 e. The van der Waals surface area contributed by atoms with Gasteiger partial charge in [-0.2, -0.15) is 4.98 Å². The minimum absolute atomic E-state index is 0.148. The molecule has 3 aromatic rings. The van der Waals surface area contributed by atoms with E-state index in [1.165, 1.54) is 0 Å². The number of benzene rings is 1. The Labute approximate surface area is 128 Å². The number of aryl methyl sites for hydroxylation is 1. The van der Waals surface area contributed by atoms with Gasteiger partial charge in [0.15, 0.2) is 0 Å². The van der Waals surface area contributed by atoms with Gasteiger partial charge in [-0.1, -0.05) is 12.1 Å². The van der Waals surface area contributed by atoms with Crippen LogP contribution in [-0.4, -0.2) is 38.7 Å². The summed E-state index contributed by atoms with van der Waals surface area (Å²) in [7, 11) is 0. The number of rotatable bonds is 3. The molecule has 2 aromatic heterocycles. The van der Waals surface area contributed by atoms with Crippen molar-refractivity contribution in [3.63, 3.8) is 0 Å². The first-order valence-electron chi connectivity index (χ1n) is 7.45. The zero-order valence-corrected chi connectivity index (χ0v) is 12.4. The highest BCUT2D eigenvalue weighted by Gasteiger charge is 2.18. The zero-order valence-electron chi connectivity index (χ0n) is 12.4. The number of para-hydroxylation sites is 2. The van der Waals surface area contributed by atoms with Gasteiger partial charge < -0.3 is 10.1 Å². The summed E-state index contributed by atoms with van der Waals surface area (Å²) in [6.07, 6.45) is 4.73. The zero-order chi connectivity index (χ0) is 14.9. The highest BCUT2D eigenvalue weighted by Crippen LogP contribution is 2.21. The van der Waals surface area contributed by atoms with Gasteiger partial charge >= 0.3 is 6.01 Å². The van der Waals surface area contributed by atoms with Crippen molar-refractivity contribution in [1.29, 1.82) is 0 Å². The summed E-state index contributed by atoms with van der Waals surface area (Å²) in [6, 6.07) is 8.43. The predicted molar refractivity (Wildman–Crippen MR) is 83.3 cm³/mol. The first-order chi connectivity index (χ1) is 10.8. The number of nitrogens with zero attached hydrogens (tertiary/aromatic N) is 4. The predicted octanol–water partition coefficient (Wildman–Crippen LogP) is 1.86. The molecule has 0 spiro atoms. The molecule has 3 heterocycles. The van der Waals surface area contributed by atoms with Gasteiger partial charge in [-0.15, -0.1) is 0 Å². The maximum absolute atomic E-state index is 5.86. The third-order valence-corrected chi connectivity index (χ3v) is 3.89. The Balaban J connectivity index is 1.74. The maximum Gasteiger partial charge on any atom is 0.318 e. The number of aromatic nitrogens is 4. The van der Waals surface area contributed by atoms with Gasteiger partial charge in [0.1, 0.15) is 18.2 Å². The van der Waals surface area contributed by atoms with E-state index in [-0.39, 0.29) is 6.10 Å². The molecule has 0 aliphatic carbocycles. The molecule has 0 amide bonds. The Morgan fingerprint density at radius 1 is 1.27 bits per heavy atom. The summed E-state index contributed by atoms with van der Waals surface area (Å²) in [6.45, 7) is 3.82. The van der Waals surface area contributed by atoms with E-state index in [9.17, 15) is 0 Å². The Morgan fingerprint density at radius 3 is 3.05 bits per heavy atom. The lowest BCUT2D eigenvalue weighted by Gasteiger charge is -2.13. The second-order valence-corrected chi connectivity index (χ2v) is 5.50. The van der Waals surface area contributed by atoms with Gasteiger partial charge in [-0.25, -0.2) is 9.97 Å². The lowest BCUT2D eigenvalue weighted by Crippen LogP contribution is -2.21. The van der Waals surface area contributed by atoms with E-state index in [1.54, 1.807) is 12.5 Å². The molecule has 1 aliphatic rings. The lowest BCUT2D eigenvalue weighted by atomic mass is 10.3. The quantitative estimate of drug-likeness (QED) is 0.799. The molecule has 1 N–H and O–H groups in total. The monoisotopic (exact) mass is 295 g/mol. The highest BCUT2D eigenvalue weighted by atomic mass is 16.5. The number of imidazole rings is 1. The van der Waals surface area contributed by atoms with Crippen molar-refractivity contribution in [3.05, 3.63) is 42.4 Å². The van der Waals surface area contributed by atoms with E-state index in [2.05, 4.69) is 20.3 Å². The van der Waals surface area contributed by atoms with Crippen LogP contribution in [0.25, 0.3) is 16.9 Å². The lowest BCUT2D eigenvalue weighted by molar-refractivity contribution is 0.204. The number of hydrogen-bond acceptors (Lipinski definition) is 5. The first-order valence-corrected chi connectivity index (χ1v) is 7.45. The van der Waals surface area contributed by atoms with Gasteiger partial charge in [0.25, 0.3) is 0 Å². The van der Waals surface area contributed by atoms with Gasteiger partial charge in [0.2, 0.25) is 0 Å². The van der Waals surface area contributed by atoms with Crippen LogP contribution < -0.4 is 10.1 Å². The molecular weight excluding hydrogens is 278 g/mol. The first kappa shape index (κ1) is 13.2. The van der Waals surface area contributed by atoms with Gasteiger partial charge in [-0.3, -0.25) is 4.57 Å². The molecule has 1 unspecified atom stereocenters. The molecule has 112 valence electrons. The number of hydrogen-bond donors (Lipinski definition) is 1. The standard InChI is InChI=1S/C16H17N5O/c1-11-8-18-16(22-12-6-7-17-9-12)20-15(11)21-10-19-13-4-2-3-5-14(13)21/h2-5,8,10,12,17H,6-7,9H2,1H3. The summed E-state index contributed by atoms with van der Waals surface area (Å²) in [4.78, 5) is 13.3. The average molecular weight is 295 g/mol. The van der Waals surface area contributed by atoms with Gasteiger partial charge in [-0.05, 0) is 32.0 Å². The Morgan fingerprint density at radius 2 is 2.18 bits per heavy atom. The maximum atomic E-state index is 5.86. The Kier molecular flexibility index (Phi) is 3.23. The van der Waals surface area contributed by atoms with Crippen LogP contribution in [0.1, 0.15) is 12.0 Å². The summed E-state index contributed by atoms with van der Waals surface area (Å²) in [5.74, 6) is 0.810. The second kappa shape index (κ2) is 5.38. The molecule has 0 bridgehead atoms. The van der Waals surface area contributed by atoms with E-state index in [1.807, 2.05) is 35.8 Å². The molecule has 4 rings (SSSR count). The van der Waals surface area contributed by atoms with Crippen LogP contribution in [0.15, 0.2) is 36.8 Å². The molecule has 1 atom stereocenters. The van der Waals surface area contributed by atoms with Crippen molar-refractivity contribution in [2.24, 2.45) is 0 Å². The fourth-order valence-corrected chi connectivity index (χ4v) is 2.72. The van der Waals surface area contributed by atoms with E-state index < -0.39 is 0 Å². The van der Waals surface area contributed by atoms with E-state index in [4.69, 9.17) is 4.74 Å². The van der Waals surface area contributed by atoms with Gasteiger partial charge in [0.05, 0.1) is 11.0 Å². The molecule has 1 aliphatic heterocycles. The molecule has 6 nitrogen and oxygen atoms in total. The number of ether oxygens (including phenoxy) is 1. The highest BCUT2D eigenvalue weighted by molar-refractivity contribution is 5.77. The van der Waals surface area contributed by atoms with Crippen LogP contribution in [0.4, 0.5) is 0 Å². The molecule has 6 heteroatoms. The van der Waals surface area contributed by atoms with Crippen molar-refractivity contribution in [1.82, 2.24) is 24.8 Å². The van der Waals surface area contributed by atoms with Crippen molar-refractivity contribution >= 4 is 11.0 Å². The Bertz CT molecular complexity index is 807. The molecule has 22 heavy (non-hydrogen) atoms. The molecule has 1 aromatic carbocycles. The summed E-state index contributed by atoms with van der Waals surface area (Å²) in [5.41, 5.74) is 2.96. The third-order valence-electron chi connectivity index (χ3n) is 3.89. The fraction of sp³-hybridized carbons (Fsp3) is 0.312. The van der Waals surface area contributed by atoms with Crippen LogP contribution in [0.2, 0.25) is 0 Å². The topological polar surface area (TPSA) is 64.9 Å². The molecule has 0 radical (unpaired) electrons.